The lowest BCUT2D eigenvalue weighted by molar-refractivity contribution is -0.137. The van der Waals surface area contributed by atoms with Gasteiger partial charge in [0.1, 0.15) is 0 Å². The van der Waals surface area contributed by atoms with Crippen molar-refractivity contribution in [2.75, 3.05) is 30.0 Å². The molecular weight excluding hydrogens is 409 g/mol. The van der Waals surface area contributed by atoms with Crippen LogP contribution in [0.1, 0.15) is 12.5 Å². The fraction of sp³-hybridized carbons (Fsp3) is 0.364. The smallest absolute Gasteiger partial charge is 0.326 e. The summed E-state index contributed by atoms with van der Waals surface area (Å²) >= 11 is 0. The maximum atomic E-state index is 13.1. The van der Waals surface area contributed by atoms with Crippen LogP contribution in [0.2, 0.25) is 0 Å². The molecular formula is C22H23F3N4O2. The highest BCUT2D eigenvalue weighted by Crippen LogP contribution is 2.33. The van der Waals surface area contributed by atoms with Gasteiger partial charge in [0.2, 0.25) is 11.8 Å². The van der Waals surface area contributed by atoms with Gasteiger partial charge < -0.3 is 10.2 Å². The van der Waals surface area contributed by atoms with E-state index in [9.17, 15) is 22.8 Å². The lowest BCUT2D eigenvalue weighted by atomic mass is 9.84. The highest BCUT2D eigenvalue weighted by molar-refractivity contribution is 6.00. The van der Waals surface area contributed by atoms with E-state index in [1.165, 1.54) is 17.1 Å². The van der Waals surface area contributed by atoms with E-state index in [2.05, 4.69) is 10.7 Å². The van der Waals surface area contributed by atoms with Crippen molar-refractivity contribution in [1.29, 1.82) is 0 Å². The Morgan fingerprint density at radius 3 is 2.39 bits per heavy atom. The number of anilines is 2. The number of benzene rings is 2. The van der Waals surface area contributed by atoms with Gasteiger partial charge in [0, 0.05) is 18.8 Å². The highest BCUT2D eigenvalue weighted by Gasteiger charge is 2.50. The molecule has 2 fully saturated rings. The molecule has 0 radical (unpaired) electrons. The number of hydrogen-bond donors (Lipinski definition) is 2. The molecule has 164 valence electrons. The number of rotatable bonds is 4. The molecule has 2 heterocycles. The Kier molecular flexibility index (Phi) is 5.72. The molecule has 2 aliphatic rings. The molecule has 6 nitrogen and oxygen atoms in total. The molecule has 3 atom stereocenters. The van der Waals surface area contributed by atoms with Crippen LogP contribution in [-0.2, 0) is 15.8 Å². The minimum atomic E-state index is -4.43. The van der Waals surface area contributed by atoms with Gasteiger partial charge >= 0.3 is 6.18 Å². The number of alkyl halides is 3. The second-order valence-electron chi connectivity index (χ2n) is 7.79. The fourth-order valence-electron chi connectivity index (χ4n) is 4.19. The Morgan fingerprint density at radius 1 is 1.10 bits per heavy atom. The molecule has 0 aromatic heterocycles. The molecule has 0 saturated carbocycles. The topological polar surface area (TPSA) is 64.7 Å². The number of nitrogens with one attached hydrogen (secondary N) is 2. The monoisotopic (exact) mass is 432 g/mol. The molecule has 2 aromatic carbocycles. The van der Waals surface area contributed by atoms with Gasteiger partial charge in [0.15, 0.2) is 0 Å². The zero-order chi connectivity index (χ0) is 22.2. The molecule has 0 spiro atoms. The molecule has 3 unspecified atom stereocenters. The third-order valence-electron chi connectivity index (χ3n) is 5.87. The molecule has 2 N–H and O–H groups in total. The largest absolute Gasteiger partial charge is 0.416 e. The summed E-state index contributed by atoms with van der Waals surface area (Å²) in [6, 6.07) is 13.1. The van der Waals surface area contributed by atoms with Gasteiger partial charge in [-0.05, 0) is 42.9 Å². The van der Waals surface area contributed by atoms with Crippen molar-refractivity contribution in [3.63, 3.8) is 0 Å². The van der Waals surface area contributed by atoms with Crippen molar-refractivity contribution in [1.82, 2.24) is 10.3 Å². The SMILES string of the molecule is CCN1CC(C(=O)Nc2ccc(C(F)(F)F)cc2)C2NN(c3ccccc3)C(=O)C2C1. The number of fused-ring (bicyclic) bond motifs is 1. The predicted molar refractivity (Wildman–Crippen MR) is 110 cm³/mol. The molecule has 2 aromatic rings. The number of carbonyl (C=O) groups excluding carboxylic acids is 2. The lowest BCUT2D eigenvalue weighted by Crippen LogP contribution is -2.55. The molecule has 2 amide bonds. The van der Waals surface area contributed by atoms with Crippen LogP contribution in [-0.4, -0.2) is 42.4 Å². The number of likely N-dealkylation sites (tertiary alicyclic amines) is 1. The standard InChI is InChI=1S/C22H23F3N4O2/c1-2-28-12-17(20(30)26-15-10-8-14(9-11-15)22(23,24)25)19-18(13-28)21(31)29(27-19)16-6-4-3-5-7-16/h3-11,17-19,27H,2,12-13H2,1H3,(H,26,30). The minimum absolute atomic E-state index is 0.0957. The van der Waals surface area contributed by atoms with Crippen molar-refractivity contribution in [3.8, 4) is 0 Å². The number of amides is 2. The van der Waals surface area contributed by atoms with Crippen LogP contribution in [0.3, 0.4) is 0 Å². The van der Waals surface area contributed by atoms with Crippen LogP contribution < -0.4 is 15.8 Å². The van der Waals surface area contributed by atoms with Gasteiger partial charge in [-0.15, -0.1) is 0 Å². The number of nitrogens with zero attached hydrogens (tertiary/aromatic N) is 2. The van der Waals surface area contributed by atoms with Crippen LogP contribution in [0.25, 0.3) is 0 Å². The van der Waals surface area contributed by atoms with Gasteiger partial charge in [0.25, 0.3) is 0 Å². The summed E-state index contributed by atoms with van der Waals surface area (Å²) < 4.78 is 38.3. The second-order valence-corrected chi connectivity index (χ2v) is 7.79. The Bertz CT molecular complexity index is 949. The Morgan fingerprint density at radius 2 is 1.77 bits per heavy atom. The second kappa shape index (κ2) is 8.32. The number of piperidine rings is 1. The first-order chi connectivity index (χ1) is 14.8. The van der Waals surface area contributed by atoms with Crippen LogP contribution in [0.4, 0.5) is 24.5 Å². The van der Waals surface area contributed by atoms with E-state index in [0.29, 0.717) is 25.3 Å². The van der Waals surface area contributed by atoms with E-state index >= 15 is 0 Å². The van der Waals surface area contributed by atoms with Gasteiger partial charge in [-0.1, -0.05) is 25.1 Å². The first kappa shape index (κ1) is 21.3. The number of hydrazine groups is 1. The van der Waals surface area contributed by atoms with E-state index in [0.717, 1.165) is 12.1 Å². The van der Waals surface area contributed by atoms with Crippen molar-refractivity contribution < 1.29 is 22.8 Å². The van der Waals surface area contributed by atoms with E-state index in [4.69, 9.17) is 0 Å². The summed E-state index contributed by atoms with van der Waals surface area (Å²) in [4.78, 5) is 28.2. The Hall–Kier alpha value is -2.91. The van der Waals surface area contributed by atoms with Gasteiger partial charge in [-0.25, -0.2) is 10.4 Å². The fourth-order valence-corrected chi connectivity index (χ4v) is 4.19. The quantitative estimate of drug-likeness (QED) is 0.779. The van der Waals surface area contributed by atoms with E-state index in [-0.39, 0.29) is 17.5 Å². The summed E-state index contributed by atoms with van der Waals surface area (Å²) in [5.41, 5.74) is 3.41. The summed E-state index contributed by atoms with van der Waals surface area (Å²) in [6.07, 6.45) is -4.43. The number of hydrogen-bond acceptors (Lipinski definition) is 4. The molecule has 4 rings (SSSR count). The molecule has 2 saturated heterocycles. The normalized spacial score (nSPS) is 24.2. The van der Waals surface area contributed by atoms with Crippen molar-refractivity contribution in [2.24, 2.45) is 11.8 Å². The number of carbonyl (C=O) groups is 2. The van der Waals surface area contributed by atoms with E-state index < -0.39 is 29.6 Å². The van der Waals surface area contributed by atoms with E-state index in [1.807, 2.05) is 42.2 Å². The van der Waals surface area contributed by atoms with Crippen molar-refractivity contribution in [2.45, 2.75) is 19.1 Å². The highest BCUT2D eigenvalue weighted by atomic mass is 19.4. The number of para-hydroxylation sites is 1. The Labute approximate surface area is 178 Å². The van der Waals surface area contributed by atoms with Gasteiger partial charge in [-0.2, -0.15) is 13.2 Å². The number of halogens is 3. The zero-order valence-corrected chi connectivity index (χ0v) is 16.9. The van der Waals surface area contributed by atoms with Crippen LogP contribution in [0.15, 0.2) is 54.6 Å². The molecule has 0 bridgehead atoms. The molecule has 9 heteroatoms. The molecule has 0 aliphatic carbocycles. The zero-order valence-electron chi connectivity index (χ0n) is 16.9. The Balaban J connectivity index is 1.53. The maximum Gasteiger partial charge on any atom is 0.416 e. The summed E-state index contributed by atoms with van der Waals surface area (Å²) in [5.74, 6) is -1.36. The third kappa shape index (κ3) is 4.28. The summed E-state index contributed by atoms with van der Waals surface area (Å²) in [7, 11) is 0. The van der Waals surface area contributed by atoms with Crippen LogP contribution in [0, 0.1) is 11.8 Å². The summed E-state index contributed by atoms with van der Waals surface area (Å²) in [6.45, 7) is 3.65. The first-order valence-electron chi connectivity index (χ1n) is 10.1. The average Bonchev–Trinajstić information content (AvgIpc) is 3.10. The van der Waals surface area contributed by atoms with Crippen LogP contribution in [0.5, 0.6) is 0 Å². The van der Waals surface area contributed by atoms with Gasteiger partial charge in [0.05, 0.1) is 29.1 Å². The summed E-state index contributed by atoms with van der Waals surface area (Å²) in [5, 5.41) is 4.21. The van der Waals surface area contributed by atoms with Crippen LogP contribution >= 0.6 is 0 Å². The minimum Gasteiger partial charge on any atom is -0.326 e. The first-order valence-corrected chi connectivity index (χ1v) is 10.1. The van der Waals surface area contributed by atoms with E-state index in [1.54, 1.807) is 0 Å². The van der Waals surface area contributed by atoms with Crippen molar-refractivity contribution >= 4 is 23.2 Å². The predicted octanol–water partition coefficient (Wildman–Crippen LogP) is 3.13. The molecule has 2 aliphatic heterocycles. The molecule has 31 heavy (non-hydrogen) atoms. The van der Waals surface area contributed by atoms with Gasteiger partial charge in [-0.3, -0.25) is 9.59 Å². The lowest BCUT2D eigenvalue weighted by Gasteiger charge is -2.37. The maximum absolute atomic E-state index is 13.1. The van der Waals surface area contributed by atoms with Crippen molar-refractivity contribution in [3.05, 3.63) is 60.2 Å². The third-order valence-corrected chi connectivity index (χ3v) is 5.87. The average molecular weight is 432 g/mol.